The monoisotopic (exact) mass is 374 g/mol. The highest BCUT2D eigenvalue weighted by atomic mass is 16.6. The van der Waals surface area contributed by atoms with E-state index in [2.05, 4.69) is 22.3 Å². The molecule has 10 nitrogen and oxygen atoms in total. The summed E-state index contributed by atoms with van der Waals surface area (Å²) in [6.07, 6.45) is 0. The maximum Gasteiger partial charge on any atom is 0.353 e. The molecule has 1 fully saturated rings. The van der Waals surface area contributed by atoms with Crippen LogP contribution in [0.3, 0.4) is 0 Å². The molecule has 1 aliphatic heterocycles. The number of ether oxygens (including phenoxy) is 1. The number of hydrogen-bond acceptors (Lipinski definition) is 8. The van der Waals surface area contributed by atoms with Gasteiger partial charge in [0.2, 0.25) is 17.6 Å². The van der Waals surface area contributed by atoms with E-state index >= 15 is 0 Å². The predicted molar refractivity (Wildman–Crippen MR) is 103 cm³/mol. The Balaban J connectivity index is 1.88. The van der Waals surface area contributed by atoms with Crippen LogP contribution in [0.1, 0.15) is 6.92 Å². The molecule has 0 atom stereocenters. The number of nitrogens with two attached hydrogens (primary N) is 1. The average Bonchev–Trinajstić information content (AvgIpc) is 2.63. The SMILES string of the molecule is CCOc1ccc(Nc2nc(N)c([N+](=O)[O-])c(N3CC[NH+](C)CC3)n2)cc1. The predicted octanol–water partition coefficient (Wildman–Crippen LogP) is 0.444. The summed E-state index contributed by atoms with van der Waals surface area (Å²) in [4.78, 5) is 22.7. The van der Waals surface area contributed by atoms with E-state index in [1.807, 2.05) is 36.1 Å². The maximum absolute atomic E-state index is 11.5. The second kappa shape index (κ2) is 8.04. The zero-order valence-corrected chi connectivity index (χ0v) is 15.4. The van der Waals surface area contributed by atoms with Crippen LogP contribution in [0, 0.1) is 10.1 Å². The van der Waals surface area contributed by atoms with Crippen LogP contribution in [0.2, 0.25) is 0 Å². The van der Waals surface area contributed by atoms with E-state index in [1.165, 1.54) is 4.90 Å². The first-order chi connectivity index (χ1) is 13.0. The summed E-state index contributed by atoms with van der Waals surface area (Å²) in [6, 6.07) is 7.30. The van der Waals surface area contributed by atoms with E-state index in [1.54, 1.807) is 0 Å². The van der Waals surface area contributed by atoms with E-state index in [-0.39, 0.29) is 23.3 Å². The van der Waals surface area contributed by atoms with Gasteiger partial charge < -0.3 is 25.6 Å². The summed E-state index contributed by atoms with van der Waals surface area (Å²) in [5.74, 6) is 1.09. The van der Waals surface area contributed by atoms with Crippen LogP contribution in [0.25, 0.3) is 0 Å². The number of quaternary nitrogens is 1. The molecule has 0 amide bonds. The molecule has 10 heteroatoms. The van der Waals surface area contributed by atoms with Crippen molar-refractivity contribution < 1.29 is 14.6 Å². The third kappa shape index (κ3) is 4.34. The highest BCUT2D eigenvalue weighted by molar-refractivity contribution is 5.72. The van der Waals surface area contributed by atoms with Gasteiger partial charge in [0.1, 0.15) is 5.75 Å². The molecule has 0 radical (unpaired) electrons. The minimum Gasteiger partial charge on any atom is -0.494 e. The Kier molecular flexibility index (Phi) is 5.55. The largest absolute Gasteiger partial charge is 0.494 e. The fraction of sp³-hybridized carbons (Fsp3) is 0.412. The van der Waals surface area contributed by atoms with Gasteiger partial charge in [0.05, 0.1) is 44.8 Å². The van der Waals surface area contributed by atoms with Crippen LogP contribution in [-0.2, 0) is 0 Å². The quantitative estimate of drug-likeness (QED) is 0.492. The van der Waals surface area contributed by atoms with Crippen molar-refractivity contribution in [2.24, 2.45) is 0 Å². The summed E-state index contributed by atoms with van der Waals surface area (Å²) in [5, 5.41) is 14.6. The van der Waals surface area contributed by atoms with Crippen LogP contribution >= 0.6 is 0 Å². The molecule has 1 aromatic heterocycles. The molecular weight excluding hydrogens is 350 g/mol. The molecule has 0 aliphatic carbocycles. The van der Waals surface area contributed by atoms with E-state index in [0.717, 1.165) is 24.5 Å². The Hall–Kier alpha value is -3.14. The lowest BCUT2D eigenvalue weighted by molar-refractivity contribution is -0.880. The van der Waals surface area contributed by atoms with Gasteiger partial charge in [-0.2, -0.15) is 9.97 Å². The molecule has 0 bridgehead atoms. The van der Waals surface area contributed by atoms with Crippen LogP contribution in [0.4, 0.5) is 29.0 Å². The van der Waals surface area contributed by atoms with Gasteiger partial charge in [-0.15, -0.1) is 0 Å². The molecule has 0 saturated carbocycles. The van der Waals surface area contributed by atoms with Crippen LogP contribution < -0.4 is 25.6 Å². The number of rotatable bonds is 6. The van der Waals surface area contributed by atoms with Gasteiger partial charge in [0.25, 0.3) is 0 Å². The van der Waals surface area contributed by atoms with Gasteiger partial charge in [-0.3, -0.25) is 10.1 Å². The molecule has 2 heterocycles. The van der Waals surface area contributed by atoms with Crippen molar-refractivity contribution in [1.29, 1.82) is 0 Å². The highest BCUT2D eigenvalue weighted by Gasteiger charge is 2.30. The minimum absolute atomic E-state index is 0.148. The Morgan fingerprint density at radius 1 is 1.30 bits per heavy atom. The molecular formula is C17H24N7O3+. The second-order valence-corrected chi connectivity index (χ2v) is 6.39. The van der Waals surface area contributed by atoms with Gasteiger partial charge in [0, 0.05) is 5.69 Å². The molecule has 27 heavy (non-hydrogen) atoms. The highest BCUT2D eigenvalue weighted by Crippen LogP contribution is 2.32. The van der Waals surface area contributed by atoms with Crippen molar-refractivity contribution in [3.8, 4) is 5.75 Å². The molecule has 1 saturated heterocycles. The lowest BCUT2D eigenvalue weighted by atomic mass is 10.3. The number of anilines is 4. The van der Waals surface area contributed by atoms with Crippen molar-refractivity contribution in [2.45, 2.75) is 6.92 Å². The molecule has 1 aromatic carbocycles. The Labute approximate surface area is 157 Å². The fourth-order valence-corrected chi connectivity index (χ4v) is 2.94. The molecule has 3 rings (SSSR count). The summed E-state index contributed by atoms with van der Waals surface area (Å²) in [6.45, 7) is 5.61. The number of likely N-dealkylation sites (N-methyl/N-ethyl adjacent to an activating group) is 1. The number of nitro groups is 1. The first kappa shape index (κ1) is 18.6. The molecule has 144 valence electrons. The van der Waals surface area contributed by atoms with Crippen LogP contribution in [0.5, 0.6) is 5.75 Å². The topological polar surface area (TPSA) is 124 Å². The third-order valence-electron chi connectivity index (χ3n) is 4.41. The Morgan fingerprint density at radius 2 is 1.96 bits per heavy atom. The number of benzene rings is 1. The van der Waals surface area contributed by atoms with Gasteiger partial charge in [-0.05, 0) is 31.2 Å². The second-order valence-electron chi connectivity index (χ2n) is 6.39. The minimum atomic E-state index is -0.517. The van der Waals surface area contributed by atoms with Crippen molar-refractivity contribution in [1.82, 2.24) is 9.97 Å². The van der Waals surface area contributed by atoms with Crippen LogP contribution in [-0.4, -0.2) is 54.7 Å². The van der Waals surface area contributed by atoms with Crippen molar-refractivity contribution >= 4 is 29.0 Å². The zero-order chi connectivity index (χ0) is 19.4. The van der Waals surface area contributed by atoms with E-state index in [9.17, 15) is 10.1 Å². The lowest BCUT2D eigenvalue weighted by Gasteiger charge is -2.30. The normalized spacial score (nSPS) is 14.8. The van der Waals surface area contributed by atoms with Gasteiger partial charge >= 0.3 is 5.69 Å². The number of aromatic nitrogens is 2. The molecule has 0 spiro atoms. The van der Waals surface area contributed by atoms with Crippen LogP contribution in [0.15, 0.2) is 24.3 Å². The lowest BCUT2D eigenvalue weighted by Crippen LogP contribution is -3.12. The van der Waals surface area contributed by atoms with Crippen molar-refractivity contribution in [3.63, 3.8) is 0 Å². The summed E-state index contributed by atoms with van der Waals surface area (Å²) < 4.78 is 5.42. The van der Waals surface area contributed by atoms with E-state index in [4.69, 9.17) is 10.5 Å². The number of hydrogen-bond donors (Lipinski definition) is 3. The number of nitrogens with zero attached hydrogens (tertiary/aromatic N) is 4. The van der Waals surface area contributed by atoms with Gasteiger partial charge in [0.15, 0.2) is 0 Å². The number of nitrogen functional groups attached to an aromatic ring is 1. The smallest absolute Gasteiger partial charge is 0.353 e. The van der Waals surface area contributed by atoms with Crippen molar-refractivity contribution in [2.75, 3.05) is 55.8 Å². The van der Waals surface area contributed by atoms with E-state index in [0.29, 0.717) is 19.7 Å². The first-order valence-electron chi connectivity index (χ1n) is 8.86. The average molecular weight is 374 g/mol. The number of nitrogens with one attached hydrogen (secondary N) is 2. The standard InChI is InChI=1S/C17H23N7O3/c1-3-27-13-6-4-12(5-7-13)19-17-20-15(18)14(24(25)26)16(21-17)23-10-8-22(2)9-11-23/h4-7H,3,8-11H2,1-2H3,(H3,18,19,20,21)/p+1. The first-order valence-corrected chi connectivity index (χ1v) is 8.86. The molecule has 4 N–H and O–H groups in total. The van der Waals surface area contributed by atoms with Gasteiger partial charge in [-0.1, -0.05) is 0 Å². The fourth-order valence-electron chi connectivity index (χ4n) is 2.94. The maximum atomic E-state index is 11.5. The Morgan fingerprint density at radius 3 is 2.56 bits per heavy atom. The van der Waals surface area contributed by atoms with E-state index < -0.39 is 4.92 Å². The third-order valence-corrected chi connectivity index (χ3v) is 4.41. The van der Waals surface area contributed by atoms with Crippen molar-refractivity contribution in [3.05, 3.63) is 34.4 Å². The Bertz CT molecular complexity index is 805. The molecule has 0 unspecified atom stereocenters. The zero-order valence-electron chi connectivity index (χ0n) is 15.4. The molecule has 2 aromatic rings. The molecule has 1 aliphatic rings. The summed E-state index contributed by atoms with van der Waals surface area (Å²) in [7, 11) is 2.10. The number of piperazine rings is 1. The summed E-state index contributed by atoms with van der Waals surface area (Å²) in [5.41, 5.74) is 6.38. The summed E-state index contributed by atoms with van der Waals surface area (Å²) >= 11 is 0. The van der Waals surface area contributed by atoms with Gasteiger partial charge in [-0.25, -0.2) is 0 Å².